The largest absolute Gasteiger partial charge is 0.339 e. The van der Waals surface area contributed by atoms with Crippen LogP contribution < -0.4 is 16.0 Å². The molecule has 7 nitrogen and oxygen atoms in total. The molecule has 1 fully saturated rings. The second kappa shape index (κ2) is 7.35. The number of carbonyl (C=O) groups excluding carboxylic acids is 4. The van der Waals surface area contributed by atoms with Gasteiger partial charge in [-0.1, -0.05) is 18.2 Å². The number of anilines is 1. The van der Waals surface area contributed by atoms with E-state index in [0.717, 1.165) is 6.08 Å². The Morgan fingerprint density at radius 1 is 1.23 bits per heavy atom. The van der Waals surface area contributed by atoms with E-state index in [4.69, 9.17) is 0 Å². The van der Waals surface area contributed by atoms with Crippen molar-refractivity contribution in [2.75, 3.05) is 5.32 Å². The highest BCUT2D eigenvalue weighted by molar-refractivity contribution is 6.15. The zero-order chi connectivity index (χ0) is 19.5. The van der Waals surface area contributed by atoms with E-state index >= 15 is 0 Å². The molecule has 1 aromatic rings. The third-order valence-electron chi connectivity index (χ3n) is 4.06. The Bertz CT molecular complexity index is 824. The van der Waals surface area contributed by atoms with Crippen LogP contribution in [0.25, 0.3) is 0 Å². The second-order valence-corrected chi connectivity index (χ2v) is 6.53. The molecule has 26 heavy (non-hydrogen) atoms. The lowest BCUT2D eigenvalue weighted by Crippen LogP contribution is -2.53. The Morgan fingerprint density at radius 2 is 1.88 bits per heavy atom. The maximum absolute atomic E-state index is 12.6. The molecule has 136 valence electrons. The van der Waals surface area contributed by atoms with E-state index in [9.17, 15) is 19.2 Å². The van der Waals surface area contributed by atoms with Crippen LogP contribution in [0.4, 0.5) is 5.69 Å². The Morgan fingerprint density at radius 3 is 2.54 bits per heavy atom. The number of nitrogens with one attached hydrogen (secondary N) is 3. The van der Waals surface area contributed by atoms with Gasteiger partial charge in [0.25, 0.3) is 5.91 Å². The minimum Gasteiger partial charge on any atom is -0.339 e. The summed E-state index contributed by atoms with van der Waals surface area (Å²) < 4.78 is 0. The van der Waals surface area contributed by atoms with Gasteiger partial charge in [0.1, 0.15) is 11.7 Å². The van der Waals surface area contributed by atoms with Crippen LogP contribution in [0.3, 0.4) is 0 Å². The molecule has 1 aliphatic rings. The lowest BCUT2D eigenvalue weighted by molar-refractivity contribution is -0.130. The monoisotopic (exact) mass is 355 g/mol. The van der Waals surface area contributed by atoms with E-state index in [1.54, 1.807) is 32.0 Å². The Labute approximate surface area is 151 Å². The average molecular weight is 355 g/mol. The van der Waals surface area contributed by atoms with Crippen molar-refractivity contribution in [2.45, 2.75) is 26.8 Å². The fraction of sp³-hybridized carbons (Fsp3) is 0.263. The summed E-state index contributed by atoms with van der Waals surface area (Å²) in [6.45, 7) is 8.57. The Kier molecular flexibility index (Phi) is 5.40. The first-order chi connectivity index (χ1) is 12.2. The predicted octanol–water partition coefficient (Wildman–Crippen LogP) is 1.54. The number of amides is 3. The van der Waals surface area contributed by atoms with E-state index in [0.29, 0.717) is 5.69 Å². The molecule has 2 rings (SSSR count). The standard InChI is InChI=1S/C19H21N3O4/c1-5-19(3,4)18(26)22-13-9-7-6-8-12(13)15(23)10-14-17(25)20-11(2)16(24)21-14/h5-11H,1H2,2-4H3,(H,20,25)(H,21,24)(H,22,26)/b14-10-/t11-/m0/s1. The zero-order valence-corrected chi connectivity index (χ0v) is 14.9. The maximum atomic E-state index is 12.6. The predicted molar refractivity (Wildman–Crippen MR) is 97.2 cm³/mol. The van der Waals surface area contributed by atoms with Crippen molar-refractivity contribution in [3.05, 3.63) is 54.3 Å². The van der Waals surface area contributed by atoms with Gasteiger partial charge in [-0.2, -0.15) is 0 Å². The normalized spacial score (nSPS) is 18.7. The van der Waals surface area contributed by atoms with E-state index in [1.165, 1.54) is 19.1 Å². The van der Waals surface area contributed by atoms with E-state index in [-0.39, 0.29) is 17.2 Å². The van der Waals surface area contributed by atoms with Crippen LogP contribution in [0.1, 0.15) is 31.1 Å². The molecule has 0 saturated carbocycles. The third-order valence-corrected chi connectivity index (χ3v) is 4.06. The number of allylic oxidation sites excluding steroid dienone is 1. The van der Waals surface area contributed by atoms with Gasteiger partial charge in [-0.05, 0) is 32.9 Å². The van der Waals surface area contributed by atoms with Crippen molar-refractivity contribution >= 4 is 29.2 Å². The summed E-state index contributed by atoms with van der Waals surface area (Å²) in [5.74, 6) is -1.78. The summed E-state index contributed by atoms with van der Waals surface area (Å²) >= 11 is 0. The molecule has 0 radical (unpaired) electrons. The van der Waals surface area contributed by atoms with Gasteiger partial charge in [0.15, 0.2) is 5.78 Å². The van der Waals surface area contributed by atoms with Gasteiger partial charge in [-0.15, -0.1) is 6.58 Å². The SMILES string of the molecule is C=CC(C)(C)C(=O)Nc1ccccc1C(=O)/C=C1\NC(=O)[C@H](C)NC1=O. The topological polar surface area (TPSA) is 104 Å². The quantitative estimate of drug-likeness (QED) is 0.423. The number of hydrogen-bond donors (Lipinski definition) is 3. The van der Waals surface area contributed by atoms with E-state index in [2.05, 4.69) is 22.5 Å². The number of hydrogen-bond acceptors (Lipinski definition) is 4. The highest BCUT2D eigenvalue weighted by atomic mass is 16.2. The fourth-order valence-electron chi connectivity index (χ4n) is 2.13. The summed E-state index contributed by atoms with van der Waals surface area (Å²) in [4.78, 5) is 48.5. The summed E-state index contributed by atoms with van der Waals surface area (Å²) in [5, 5.41) is 7.56. The van der Waals surface area contributed by atoms with Crippen LogP contribution in [-0.2, 0) is 14.4 Å². The van der Waals surface area contributed by atoms with Crippen LogP contribution >= 0.6 is 0 Å². The molecule has 0 aromatic heterocycles. The van der Waals surface area contributed by atoms with Crippen molar-refractivity contribution in [1.29, 1.82) is 0 Å². The van der Waals surface area contributed by atoms with Crippen LogP contribution in [-0.4, -0.2) is 29.5 Å². The Balaban J connectivity index is 2.29. The van der Waals surface area contributed by atoms with Crippen molar-refractivity contribution in [3.8, 4) is 0 Å². The van der Waals surface area contributed by atoms with E-state index < -0.39 is 29.1 Å². The van der Waals surface area contributed by atoms with Gasteiger partial charge in [-0.3, -0.25) is 19.2 Å². The van der Waals surface area contributed by atoms with Gasteiger partial charge >= 0.3 is 0 Å². The lowest BCUT2D eigenvalue weighted by Gasteiger charge is -2.22. The lowest BCUT2D eigenvalue weighted by atomic mass is 9.92. The molecule has 1 atom stereocenters. The van der Waals surface area contributed by atoms with Crippen molar-refractivity contribution in [2.24, 2.45) is 5.41 Å². The minimum atomic E-state index is -0.817. The van der Waals surface area contributed by atoms with Crippen LogP contribution in [0.5, 0.6) is 0 Å². The first-order valence-corrected chi connectivity index (χ1v) is 8.07. The molecular weight excluding hydrogens is 334 g/mol. The number of carbonyl (C=O) groups is 4. The molecule has 1 aromatic carbocycles. The zero-order valence-electron chi connectivity index (χ0n) is 14.9. The molecular formula is C19H21N3O4. The number of benzene rings is 1. The van der Waals surface area contributed by atoms with Gasteiger partial charge < -0.3 is 16.0 Å². The van der Waals surface area contributed by atoms with Gasteiger partial charge in [-0.25, -0.2) is 0 Å². The number of piperazine rings is 1. The molecule has 0 aliphatic carbocycles. The molecule has 1 heterocycles. The second-order valence-electron chi connectivity index (χ2n) is 6.53. The number of para-hydroxylation sites is 1. The number of ketones is 1. The first-order valence-electron chi connectivity index (χ1n) is 8.07. The molecule has 3 N–H and O–H groups in total. The molecule has 1 saturated heterocycles. The molecule has 0 unspecified atom stereocenters. The summed E-state index contributed by atoms with van der Waals surface area (Å²) in [6.07, 6.45) is 2.56. The Hall–Kier alpha value is -3.22. The molecule has 3 amide bonds. The average Bonchev–Trinajstić information content (AvgIpc) is 2.60. The summed E-state index contributed by atoms with van der Waals surface area (Å²) in [6, 6.07) is 5.77. The first kappa shape index (κ1) is 19.1. The van der Waals surface area contributed by atoms with Crippen molar-refractivity contribution < 1.29 is 19.2 Å². The minimum absolute atomic E-state index is 0.134. The maximum Gasteiger partial charge on any atom is 0.268 e. The van der Waals surface area contributed by atoms with Gasteiger partial charge in [0.05, 0.1) is 11.1 Å². The molecule has 0 bridgehead atoms. The van der Waals surface area contributed by atoms with Crippen LogP contribution in [0, 0.1) is 5.41 Å². The third kappa shape index (κ3) is 4.05. The molecule has 0 spiro atoms. The van der Waals surface area contributed by atoms with Crippen LogP contribution in [0.15, 0.2) is 48.7 Å². The van der Waals surface area contributed by atoms with Crippen LogP contribution in [0.2, 0.25) is 0 Å². The summed E-state index contributed by atoms with van der Waals surface area (Å²) in [5.41, 5.74) is -0.438. The van der Waals surface area contributed by atoms with Gasteiger partial charge in [0, 0.05) is 11.6 Å². The van der Waals surface area contributed by atoms with Crippen molar-refractivity contribution in [1.82, 2.24) is 10.6 Å². The fourth-order valence-corrected chi connectivity index (χ4v) is 2.13. The smallest absolute Gasteiger partial charge is 0.268 e. The highest BCUT2D eigenvalue weighted by Gasteiger charge is 2.28. The van der Waals surface area contributed by atoms with Gasteiger partial charge in [0.2, 0.25) is 11.8 Å². The van der Waals surface area contributed by atoms with Crippen molar-refractivity contribution in [3.63, 3.8) is 0 Å². The molecule has 1 aliphatic heterocycles. The highest BCUT2D eigenvalue weighted by Crippen LogP contribution is 2.22. The molecule has 7 heteroatoms. The van der Waals surface area contributed by atoms with E-state index in [1.807, 2.05) is 0 Å². The summed E-state index contributed by atoms with van der Waals surface area (Å²) in [7, 11) is 0. The number of rotatable bonds is 5.